The minimum atomic E-state index is -3.64. The highest BCUT2D eigenvalue weighted by molar-refractivity contribution is 7.48. The van der Waals surface area contributed by atoms with Gasteiger partial charge < -0.3 is 14.2 Å². The molecule has 7 nitrogen and oxygen atoms in total. The van der Waals surface area contributed by atoms with Gasteiger partial charge in [0.15, 0.2) is 0 Å². The maximum absolute atomic E-state index is 13.1. The molecule has 23 heavy (non-hydrogen) atoms. The van der Waals surface area contributed by atoms with E-state index in [1.807, 2.05) is 20.8 Å². The van der Waals surface area contributed by atoms with Gasteiger partial charge in [0.25, 0.3) is 0 Å². The molecule has 6 atom stereocenters. The fraction of sp³-hybridized carbons (Fsp3) is 1.00. The summed E-state index contributed by atoms with van der Waals surface area (Å²) in [5.74, 6) is 0. The number of ether oxygens (including phenoxy) is 3. The van der Waals surface area contributed by atoms with E-state index >= 15 is 0 Å². The smallest absolute Gasteiger partial charge is 0.373 e. The molecule has 3 aliphatic rings. The molecule has 3 heterocycles. The molecule has 134 valence electrons. The van der Waals surface area contributed by atoms with E-state index in [1.165, 1.54) is 0 Å². The van der Waals surface area contributed by atoms with Gasteiger partial charge in [-0.1, -0.05) is 0 Å². The predicted molar refractivity (Wildman–Crippen MR) is 82.3 cm³/mol. The third-order valence-corrected chi connectivity index (χ3v) is 5.77. The van der Waals surface area contributed by atoms with E-state index < -0.39 is 7.82 Å². The first-order valence-electron chi connectivity index (χ1n) is 8.42. The lowest BCUT2D eigenvalue weighted by atomic mass is 10.2. The van der Waals surface area contributed by atoms with Crippen LogP contribution < -0.4 is 0 Å². The van der Waals surface area contributed by atoms with Crippen molar-refractivity contribution in [2.24, 2.45) is 0 Å². The molecule has 0 radical (unpaired) electrons. The molecule has 0 bridgehead atoms. The largest absolute Gasteiger partial charge is 0.475 e. The molecule has 0 N–H and O–H groups in total. The van der Waals surface area contributed by atoms with Gasteiger partial charge in [-0.3, -0.25) is 13.6 Å². The van der Waals surface area contributed by atoms with Gasteiger partial charge in [-0.05, 0) is 20.8 Å². The summed E-state index contributed by atoms with van der Waals surface area (Å²) in [7, 11) is -3.64. The summed E-state index contributed by atoms with van der Waals surface area (Å²) in [6.45, 7) is 7.82. The second kappa shape index (κ2) is 7.48. The Hall–Kier alpha value is -0.0100. The van der Waals surface area contributed by atoms with E-state index in [1.54, 1.807) is 0 Å². The fourth-order valence-electron chi connectivity index (χ4n) is 2.59. The van der Waals surface area contributed by atoms with E-state index in [0.717, 1.165) is 19.8 Å². The number of rotatable bonds is 12. The highest BCUT2D eigenvalue weighted by Gasteiger charge is 2.38. The molecule has 3 rings (SSSR count). The summed E-state index contributed by atoms with van der Waals surface area (Å²) in [5.41, 5.74) is 0. The maximum atomic E-state index is 13.1. The number of hydrogen-bond donors (Lipinski definition) is 0. The van der Waals surface area contributed by atoms with E-state index in [2.05, 4.69) is 0 Å². The van der Waals surface area contributed by atoms with Crippen molar-refractivity contribution in [3.63, 3.8) is 0 Å². The molecule has 0 aromatic carbocycles. The molecule has 3 fully saturated rings. The zero-order valence-corrected chi connectivity index (χ0v) is 14.9. The van der Waals surface area contributed by atoms with Crippen molar-refractivity contribution in [2.75, 3.05) is 19.8 Å². The Morgan fingerprint density at radius 3 is 1.26 bits per heavy atom. The van der Waals surface area contributed by atoms with Crippen LogP contribution in [-0.4, -0.2) is 56.4 Å². The van der Waals surface area contributed by atoms with Crippen LogP contribution in [0.4, 0.5) is 0 Å². The lowest BCUT2D eigenvalue weighted by Crippen LogP contribution is -2.20. The van der Waals surface area contributed by atoms with Crippen LogP contribution in [0, 0.1) is 0 Å². The number of epoxide rings is 3. The zero-order valence-electron chi connectivity index (χ0n) is 14.0. The summed E-state index contributed by atoms with van der Waals surface area (Å²) < 4.78 is 45.7. The molecule has 0 aliphatic carbocycles. The predicted octanol–water partition coefficient (Wildman–Crippen LogP) is 2.68. The normalized spacial score (nSPS) is 35.2. The van der Waals surface area contributed by atoms with E-state index in [4.69, 9.17) is 27.8 Å². The van der Waals surface area contributed by atoms with Crippen LogP contribution in [0.15, 0.2) is 0 Å². The van der Waals surface area contributed by atoms with Crippen LogP contribution in [0.5, 0.6) is 0 Å². The summed E-state index contributed by atoms with van der Waals surface area (Å²) in [4.78, 5) is 0. The van der Waals surface area contributed by atoms with Crippen LogP contribution in [0.1, 0.15) is 40.0 Å². The first-order chi connectivity index (χ1) is 10.9. The Labute approximate surface area is 137 Å². The third kappa shape index (κ3) is 6.78. The average molecular weight is 350 g/mol. The van der Waals surface area contributed by atoms with Gasteiger partial charge in [0.2, 0.25) is 0 Å². The molecular formula is C15H27O7P. The van der Waals surface area contributed by atoms with Gasteiger partial charge >= 0.3 is 7.82 Å². The SMILES string of the molecule is CC(CC1CO1)OP(=O)(OC(C)CC1CO1)OC(C)CC1CO1. The monoisotopic (exact) mass is 350 g/mol. The Balaban J connectivity index is 1.53. The number of phosphoric acid groups is 1. The lowest BCUT2D eigenvalue weighted by Gasteiger charge is -2.26. The molecule has 6 unspecified atom stereocenters. The highest BCUT2D eigenvalue weighted by Crippen LogP contribution is 2.54. The van der Waals surface area contributed by atoms with Crippen molar-refractivity contribution < 1.29 is 32.3 Å². The van der Waals surface area contributed by atoms with Gasteiger partial charge in [0, 0.05) is 19.3 Å². The van der Waals surface area contributed by atoms with Crippen molar-refractivity contribution >= 4 is 7.82 Å². The van der Waals surface area contributed by atoms with E-state index in [9.17, 15) is 4.57 Å². The van der Waals surface area contributed by atoms with Crippen molar-refractivity contribution in [1.82, 2.24) is 0 Å². The fourth-order valence-corrected chi connectivity index (χ4v) is 4.32. The van der Waals surface area contributed by atoms with Crippen molar-refractivity contribution in [1.29, 1.82) is 0 Å². The Morgan fingerprint density at radius 2 is 1.04 bits per heavy atom. The quantitative estimate of drug-likeness (QED) is 0.395. The molecular weight excluding hydrogens is 323 g/mol. The highest BCUT2D eigenvalue weighted by atomic mass is 31.2. The van der Waals surface area contributed by atoms with Crippen LogP contribution in [-0.2, 0) is 32.3 Å². The summed E-state index contributed by atoms with van der Waals surface area (Å²) in [5, 5.41) is 0. The van der Waals surface area contributed by atoms with Gasteiger partial charge in [-0.25, -0.2) is 4.57 Å². The summed E-state index contributed by atoms with van der Waals surface area (Å²) >= 11 is 0. The first kappa shape index (κ1) is 17.8. The number of hydrogen-bond acceptors (Lipinski definition) is 7. The molecule has 3 aliphatic heterocycles. The second-order valence-corrected chi connectivity index (χ2v) is 8.30. The van der Waals surface area contributed by atoms with Crippen LogP contribution >= 0.6 is 7.82 Å². The van der Waals surface area contributed by atoms with Crippen molar-refractivity contribution in [3.05, 3.63) is 0 Å². The second-order valence-electron chi connectivity index (χ2n) is 6.77. The zero-order chi connectivity index (χ0) is 16.4. The molecule has 8 heteroatoms. The van der Waals surface area contributed by atoms with Crippen molar-refractivity contribution in [2.45, 2.75) is 76.7 Å². The Morgan fingerprint density at radius 1 is 0.783 bits per heavy atom. The minimum Gasteiger partial charge on any atom is -0.373 e. The van der Waals surface area contributed by atoms with E-state index in [-0.39, 0.29) is 36.6 Å². The molecule has 0 saturated carbocycles. The third-order valence-electron chi connectivity index (χ3n) is 3.92. The molecule has 0 amide bonds. The Kier molecular flexibility index (Phi) is 5.79. The van der Waals surface area contributed by atoms with Crippen molar-refractivity contribution in [3.8, 4) is 0 Å². The molecule has 0 spiro atoms. The first-order valence-corrected chi connectivity index (χ1v) is 9.88. The topological polar surface area (TPSA) is 82.4 Å². The van der Waals surface area contributed by atoms with Crippen LogP contribution in [0.25, 0.3) is 0 Å². The average Bonchev–Trinajstić information content (AvgIpc) is 3.24. The lowest BCUT2D eigenvalue weighted by molar-refractivity contribution is 0.0329. The summed E-state index contributed by atoms with van der Waals surface area (Å²) in [6, 6.07) is 0. The van der Waals surface area contributed by atoms with E-state index in [0.29, 0.717) is 19.3 Å². The molecule has 3 saturated heterocycles. The minimum absolute atomic E-state index is 0.202. The number of phosphoric ester groups is 1. The standard InChI is InChI=1S/C15H27O7P/c1-10(4-13-7-17-13)20-23(16,21-11(2)5-14-8-18-14)22-12(3)6-15-9-19-15/h10-15H,4-9H2,1-3H3. The van der Waals surface area contributed by atoms with Gasteiger partial charge in [0.1, 0.15) is 0 Å². The van der Waals surface area contributed by atoms with Crippen LogP contribution in [0.3, 0.4) is 0 Å². The van der Waals surface area contributed by atoms with Crippen LogP contribution in [0.2, 0.25) is 0 Å². The summed E-state index contributed by atoms with van der Waals surface area (Å²) in [6.07, 6.45) is 1.94. The molecule has 0 aromatic heterocycles. The maximum Gasteiger partial charge on any atom is 0.475 e. The van der Waals surface area contributed by atoms with Gasteiger partial charge in [0.05, 0.1) is 56.4 Å². The Bertz CT molecular complexity index is 372. The van der Waals surface area contributed by atoms with Gasteiger partial charge in [-0.15, -0.1) is 0 Å². The molecule has 0 aromatic rings. The van der Waals surface area contributed by atoms with Gasteiger partial charge in [-0.2, -0.15) is 0 Å².